The van der Waals surface area contributed by atoms with Crippen LogP contribution in [0.25, 0.3) is 0 Å². The lowest BCUT2D eigenvalue weighted by molar-refractivity contribution is -0.143. The lowest BCUT2D eigenvalue weighted by Crippen LogP contribution is -2.35. The van der Waals surface area contributed by atoms with Gasteiger partial charge in [0.05, 0.1) is 12.8 Å². The fourth-order valence-electron chi connectivity index (χ4n) is 3.03. The quantitative estimate of drug-likeness (QED) is 0.351. The lowest BCUT2D eigenvalue weighted by atomic mass is 10.0. The molecule has 7 heteroatoms. The van der Waals surface area contributed by atoms with Gasteiger partial charge in [0.2, 0.25) is 0 Å². The highest BCUT2D eigenvalue weighted by Gasteiger charge is 2.26. The molecule has 0 fully saturated rings. The van der Waals surface area contributed by atoms with Crippen LogP contribution in [-0.4, -0.2) is 37.3 Å². The van der Waals surface area contributed by atoms with E-state index in [1.807, 2.05) is 0 Å². The Kier molecular flexibility index (Phi) is 8.00. The Hall–Kier alpha value is -3.64. The maximum Gasteiger partial charge on any atom is 0.329 e. The summed E-state index contributed by atoms with van der Waals surface area (Å²) in [5, 5.41) is 3.52. The Bertz CT molecular complexity index is 1080. The third-order valence-corrected chi connectivity index (χ3v) is 4.97. The number of carbonyl (C=O) groups excluding carboxylic acids is 3. The number of anilines is 1. The van der Waals surface area contributed by atoms with Crippen molar-refractivity contribution in [1.29, 1.82) is 0 Å². The molecule has 1 atom stereocenters. The number of hydrogen-bond donors (Lipinski definition) is 1. The molecule has 0 unspecified atom stereocenters. The average Bonchev–Trinajstić information content (AvgIpc) is 2.83. The molecule has 1 N–H and O–H groups in total. The van der Waals surface area contributed by atoms with Crippen molar-refractivity contribution in [2.24, 2.45) is 0 Å². The van der Waals surface area contributed by atoms with Crippen LogP contribution in [0.2, 0.25) is 5.02 Å². The summed E-state index contributed by atoms with van der Waals surface area (Å²) in [7, 11) is 1.51. The Labute approximate surface area is 191 Å². The van der Waals surface area contributed by atoms with Crippen molar-refractivity contribution in [3.05, 3.63) is 95.0 Å². The van der Waals surface area contributed by atoms with Gasteiger partial charge in [-0.2, -0.15) is 0 Å². The SMILES string of the molecule is COc1ccccc1N[C@H](CC(=O)c1ccccc1)C(=O)OCC(=O)c1ccc(Cl)cc1. The van der Waals surface area contributed by atoms with Gasteiger partial charge in [0.15, 0.2) is 18.2 Å². The molecule has 0 bridgehead atoms. The minimum Gasteiger partial charge on any atom is -0.495 e. The molecular formula is C25H22ClNO5. The number of halogens is 1. The summed E-state index contributed by atoms with van der Waals surface area (Å²) < 4.78 is 10.6. The molecule has 0 saturated carbocycles. The number of hydrogen-bond acceptors (Lipinski definition) is 6. The van der Waals surface area contributed by atoms with Gasteiger partial charge in [0.1, 0.15) is 11.8 Å². The maximum atomic E-state index is 12.9. The zero-order valence-electron chi connectivity index (χ0n) is 17.4. The molecule has 3 aromatic carbocycles. The van der Waals surface area contributed by atoms with E-state index in [9.17, 15) is 14.4 Å². The van der Waals surface area contributed by atoms with Crippen molar-refractivity contribution < 1.29 is 23.9 Å². The summed E-state index contributed by atoms with van der Waals surface area (Å²) in [6, 6.07) is 20.9. The highest BCUT2D eigenvalue weighted by molar-refractivity contribution is 6.30. The molecule has 3 aromatic rings. The second kappa shape index (κ2) is 11.1. The van der Waals surface area contributed by atoms with Crippen LogP contribution in [-0.2, 0) is 9.53 Å². The van der Waals surface area contributed by atoms with Crippen LogP contribution in [0.1, 0.15) is 27.1 Å². The van der Waals surface area contributed by atoms with Gasteiger partial charge in [0, 0.05) is 22.6 Å². The van der Waals surface area contributed by atoms with Crippen LogP contribution in [0.5, 0.6) is 5.75 Å². The number of rotatable bonds is 10. The molecule has 32 heavy (non-hydrogen) atoms. The average molecular weight is 452 g/mol. The largest absolute Gasteiger partial charge is 0.495 e. The van der Waals surface area contributed by atoms with Crippen molar-refractivity contribution in [1.82, 2.24) is 0 Å². The van der Waals surface area contributed by atoms with Crippen molar-refractivity contribution in [2.75, 3.05) is 19.0 Å². The van der Waals surface area contributed by atoms with Crippen LogP contribution >= 0.6 is 11.6 Å². The number of para-hydroxylation sites is 2. The van der Waals surface area contributed by atoms with E-state index in [2.05, 4.69) is 5.32 Å². The first-order valence-electron chi connectivity index (χ1n) is 9.91. The summed E-state index contributed by atoms with van der Waals surface area (Å²) in [6.45, 7) is -0.454. The van der Waals surface area contributed by atoms with E-state index in [-0.39, 0.29) is 18.0 Å². The molecule has 0 aliphatic rings. The molecule has 0 aliphatic heterocycles. The second-order valence-electron chi connectivity index (χ2n) is 6.93. The summed E-state index contributed by atoms with van der Waals surface area (Å²) in [4.78, 5) is 37.9. The Morgan fingerprint density at radius 2 is 1.47 bits per heavy atom. The number of Topliss-reactive ketones (excluding diaryl/α,β-unsaturated/α-hetero) is 2. The summed E-state index contributed by atoms with van der Waals surface area (Å²) in [5.74, 6) is -0.823. The van der Waals surface area contributed by atoms with Crippen LogP contribution in [0, 0.1) is 0 Å². The number of nitrogens with one attached hydrogen (secondary N) is 1. The van der Waals surface area contributed by atoms with Gasteiger partial charge < -0.3 is 14.8 Å². The first-order valence-corrected chi connectivity index (χ1v) is 10.3. The van der Waals surface area contributed by atoms with Crippen LogP contribution in [0.4, 0.5) is 5.69 Å². The van der Waals surface area contributed by atoms with Crippen LogP contribution in [0.3, 0.4) is 0 Å². The lowest BCUT2D eigenvalue weighted by Gasteiger charge is -2.19. The number of ether oxygens (including phenoxy) is 2. The Morgan fingerprint density at radius 3 is 2.16 bits per heavy atom. The molecule has 0 aliphatic carbocycles. The van der Waals surface area contributed by atoms with Crippen molar-refractivity contribution in [2.45, 2.75) is 12.5 Å². The van der Waals surface area contributed by atoms with E-state index in [1.54, 1.807) is 78.9 Å². The summed E-state index contributed by atoms with van der Waals surface area (Å²) in [5.41, 5.74) is 1.38. The highest BCUT2D eigenvalue weighted by Crippen LogP contribution is 2.25. The molecule has 0 aromatic heterocycles. The first-order chi connectivity index (χ1) is 15.5. The Morgan fingerprint density at radius 1 is 0.844 bits per heavy atom. The van der Waals surface area contributed by atoms with Gasteiger partial charge in [-0.05, 0) is 36.4 Å². The molecule has 0 saturated heterocycles. The second-order valence-corrected chi connectivity index (χ2v) is 7.36. The standard InChI is InChI=1S/C25H22ClNO5/c1-31-24-10-6-5-9-20(24)27-21(15-22(28)17-7-3-2-4-8-17)25(30)32-16-23(29)18-11-13-19(26)14-12-18/h2-14,21,27H,15-16H2,1H3/t21-/m1/s1. The van der Waals surface area contributed by atoms with Crippen molar-refractivity contribution in [3.8, 4) is 5.75 Å². The van der Waals surface area contributed by atoms with E-state index in [1.165, 1.54) is 7.11 Å². The van der Waals surface area contributed by atoms with Crippen LogP contribution in [0.15, 0.2) is 78.9 Å². The van der Waals surface area contributed by atoms with Crippen molar-refractivity contribution >= 4 is 34.8 Å². The van der Waals surface area contributed by atoms with Gasteiger partial charge >= 0.3 is 5.97 Å². The predicted molar refractivity (Wildman–Crippen MR) is 123 cm³/mol. The minimum absolute atomic E-state index is 0.157. The third kappa shape index (κ3) is 6.18. The van der Waals surface area contributed by atoms with Gasteiger partial charge in [-0.15, -0.1) is 0 Å². The fraction of sp³-hybridized carbons (Fsp3) is 0.160. The van der Waals surface area contributed by atoms with Gasteiger partial charge in [-0.1, -0.05) is 54.1 Å². The molecule has 0 amide bonds. The van der Waals surface area contributed by atoms with Gasteiger partial charge in [-0.25, -0.2) is 4.79 Å². The monoisotopic (exact) mass is 451 g/mol. The summed E-state index contributed by atoms with van der Waals surface area (Å²) in [6.07, 6.45) is -0.157. The third-order valence-electron chi connectivity index (χ3n) is 4.72. The predicted octanol–water partition coefficient (Wildman–Crippen LogP) is 4.83. The van der Waals surface area contributed by atoms with Crippen molar-refractivity contribution in [3.63, 3.8) is 0 Å². The molecule has 3 rings (SSSR count). The van der Waals surface area contributed by atoms with Crippen LogP contribution < -0.4 is 10.1 Å². The first kappa shape index (κ1) is 23.0. The Balaban J connectivity index is 1.74. The maximum absolute atomic E-state index is 12.9. The smallest absolute Gasteiger partial charge is 0.329 e. The molecule has 164 valence electrons. The summed E-state index contributed by atoms with van der Waals surface area (Å²) >= 11 is 5.84. The van der Waals surface area contributed by atoms with E-state index in [4.69, 9.17) is 21.1 Å². The zero-order chi connectivity index (χ0) is 22.9. The number of ketones is 2. The normalized spacial score (nSPS) is 11.3. The molecular weight excluding hydrogens is 430 g/mol. The topological polar surface area (TPSA) is 81.7 Å². The molecule has 6 nitrogen and oxygen atoms in total. The molecule has 0 spiro atoms. The number of esters is 1. The van der Waals surface area contributed by atoms with Gasteiger partial charge in [0.25, 0.3) is 0 Å². The van der Waals surface area contributed by atoms with Gasteiger partial charge in [-0.3, -0.25) is 9.59 Å². The number of methoxy groups -OCH3 is 1. The van der Waals surface area contributed by atoms with E-state index in [0.717, 1.165) is 0 Å². The minimum atomic E-state index is -1.02. The van der Waals surface area contributed by atoms with E-state index < -0.39 is 18.6 Å². The zero-order valence-corrected chi connectivity index (χ0v) is 18.2. The van der Waals surface area contributed by atoms with E-state index in [0.29, 0.717) is 27.6 Å². The number of benzene rings is 3. The molecule has 0 heterocycles. The number of carbonyl (C=O) groups is 3. The highest BCUT2D eigenvalue weighted by atomic mass is 35.5. The molecule has 0 radical (unpaired) electrons. The fourth-order valence-corrected chi connectivity index (χ4v) is 3.15. The van der Waals surface area contributed by atoms with E-state index >= 15 is 0 Å².